The monoisotopic (exact) mass is 734 g/mol. The molecule has 11 rings (SSSR count). The summed E-state index contributed by atoms with van der Waals surface area (Å²) in [5.41, 5.74) is 14.8. The third kappa shape index (κ3) is 5.53. The molecule has 58 heavy (non-hydrogen) atoms. The van der Waals surface area contributed by atoms with Crippen molar-refractivity contribution in [2.24, 2.45) is 0 Å². The molecule has 0 unspecified atom stereocenters. The summed E-state index contributed by atoms with van der Waals surface area (Å²) in [5.74, 6) is 0. The van der Waals surface area contributed by atoms with Gasteiger partial charge in [0.25, 0.3) is 0 Å². The van der Waals surface area contributed by atoms with Crippen LogP contribution in [0.25, 0.3) is 110 Å². The fourth-order valence-electron chi connectivity index (χ4n) is 9.41. The highest BCUT2D eigenvalue weighted by atomic mass is 14.3. The quantitative estimate of drug-likeness (QED) is 0.149. The summed E-state index contributed by atoms with van der Waals surface area (Å²) in [4.78, 5) is 0. The molecule has 0 nitrogen and oxygen atoms in total. The van der Waals surface area contributed by atoms with Gasteiger partial charge in [0, 0.05) is 0 Å². The first-order valence-electron chi connectivity index (χ1n) is 20.1. The van der Waals surface area contributed by atoms with Gasteiger partial charge in [-0.05, 0) is 116 Å². The number of hydrogen-bond acceptors (Lipinski definition) is 0. The molecule has 0 fully saturated rings. The highest BCUT2D eigenvalue weighted by Gasteiger charge is 2.23. The summed E-state index contributed by atoms with van der Waals surface area (Å²) in [6, 6.07) is 84.6. The molecule has 270 valence electrons. The Morgan fingerprint density at radius 3 is 0.879 bits per heavy atom. The van der Waals surface area contributed by atoms with Gasteiger partial charge in [-0.1, -0.05) is 224 Å². The van der Waals surface area contributed by atoms with E-state index in [1.54, 1.807) is 0 Å². The number of rotatable bonds is 6. The van der Waals surface area contributed by atoms with Gasteiger partial charge in [0.05, 0.1) is 0 Å². The van der Waals surface area contributed by atoms with Gasteiger partial charge in [0.1, 0.15) is 0 Å². The zero-order valence-electron chi connectivity index (χ0n) is 31.9. The topological polar surface area (TPSA) is 0 Å². The largest absolute Gasteiger partial charge is 0.0622 e. The lowest BCUT2D eigenvalue weighted by atomic mass is 9.80. The van der Waals surface area contributed by atoms with E-state index in [9.17, 15) is 0 Å². The minimum atomic E-state index is 1.20. The lowest BCUT2D eigenvalue weighted by Gasteiger charge is -2.22. The van der Waals surface area contributed by atoms with Crippen LogP contribution in [0.3, 0.4) is 0 Å². The molecule has 0 bridgehead atoms. The van der Waals surface area contributed by atoms with E-state index >= 15 is 0 Å². The molecule has 0 aromatic heterocycles. The Balaban J connectivity index is 1.30. The average Bonchev–Trinajstić information content (AvgIpc) is 3.30. The third-order valence-electron chi connectivity index (χ3n) is 11.9. The van der Waals surface area contributed by atoms with E-state index in [0.717, 1.165) is 0 Å². The molecule has 0 saturated heterocycles. The molecule has 11 aromatic rings. The summed E-state index contributed by atoms with van der Waals surface area (Å²) < 4.78 is 0. The Morgan fingerprint density at radius 1 is 0.155 bits per heavy atom. The maximum atomic E-state index is 2.49. The fourth-order valence-corrected chi connectivity index (χ4v) is 9.41. The summed E-state index contributed by atoms with van der Waals surface area (Å²) in [6.45, 7) is 0. The van der Waals surface area contributed by atoms with E-state index in [2.05, 4.69) is 231 Å². The molecule has 11 aromatic carbocycles. The van der Waals surface area contributed by atoms with Crippen molar-refractivity contribution in [3.8, 4) is 66.8 Å². The Hall–Kier alpha value is -7.54. The molecule has 0 aliphatic rings. The summed E-state index contributed by atoms with van der Waals surface area (Å²) in [7, 11) is 0. The smallest absolute Gasteiger partial charge is 0.00199 e. The minimum absolute atomic E-state index is 1.20. The van der Waals surface area contributed by atoms with Crippen LogP contribution in [-0.4, -0.2) is 0 Å². The zero-order valence-corrected chi connectivity index (χ0v) is 31.9. The van der Waals surface area contributed by atoms with Gasteiger partial charge >= 0.3 is 0 Å². The van der Waals surface area contributed by atoms with Crippen molar-refractivity contribution >= 4 is 43.1 Å². The van der Waals surface area contributed by atoms with Gasteiger partial charge in [0.15, 0.2) is 0 Å². The normalized spacial score (nSPS) is 11.4. The zero-order chi connectivity index (χ0) is 38.4. The van der Waals surface area contributed by atoms with Crippen LogP contribution in [0.2, 0.25) is 0 Å². The Morgan fingerprint density at radius 2 is 0.448 bits per heavy atom. The lowest BCUT2D eigenvalue weighted by molar-refractivity contribution is 1.59. The van der Waals surface area contributed by atoms with Gasteiger partial charge < -0.3 is 0 Å². The van der Waals surface area contributed by atoms with E-state index in [1.165, 1.54) is 110 Å². The van der Waals surface area contributed by atoms with Gasteiger partial charge in [-0.2, -0.15) is 0 Å². The second-order valence-corrected chi connectivity index (χ2v) is 15.1. The molecule has 0 aliphatic carbocycles. The van der Waals surface area contributed by atoms with Gasteiger partial charge in [-0.15, -0.1) is 0 Å². The second kappa shape index (κ2) is 14.2. The van der Waals surface area contributed by atoms with Crippen LogP contribution in [-0.2, 0) is 0 Å². The SMILES string of the molecule is c1ccc(-c2ccccc2-c2c3ccccc3c(-c3ccccc3-c3ccccc3)c3cc(-c4c5ccccc5c(-c5ccccc5)c5ccccc45)ccc23)cc1. The molecule has 0 aliphatic heterocycles. The fraction of sp³-hybridized carbons (Fsp3) is 0. The maximum absolute atomic E-state index is 2.49. The lowest BCUT2D eigenvalue weighted by Crippen LogP contribution is -1.95. The molecule has 0 radical (unpaired) electrons. The van der Waals surface area contributed by atoms with Gasteiger partial charge in [-0.25, -0.2) is 0 Å². The Bertz CT molecular complexity index is 3250. The van der Waals surface area contributed by atoms with Gasteiger partial charge in [0.2, 0.25) is 0 Å². The molecule has 0 N–H and O–H groups in total. The van der Waals surface area contributed by atoms with Crippen LogP contribution in [0.15, 0.2) is 231 Å². The average molecular weight is 735 g/mol. The van der Waals surface area contributed by atoms with Crippen molar-refractivity contribution < 1.29 is 0 Å². The van der Waals surface area contributed by atoms with Crippen molar-refractivity contribution in [3.05, 3.63) is 231 Å². The molecule has 0 heteroatoms. The number of fused-ring (bicyclic) bond motifs is 4. The van der Waals surface area contributed by atoms with Crippen molar-refractivity contribution in [2.75, 3.05) is 0 Å². The summed E-state index contributed by atoms with van der Waals surface area (Å²) in [5, 5.41) is 9.97. The summed E-state index contributed by atoms with van der Waals surface area (Å²) in [6.07, 6.45) is 0. The first-order valence-corrected chi connectivity index (χ1v) is 20.1. The van der Waals surface area contributed by atoms with Crippen LogP contribution in [0, 0.1) is 0 Å². The van der Waals surface area contributed by atoms with E-state index in [1.807, 2.05) is 0 Å². The molecule has 0 spiro atoms. The van der Waals surface area contributed by atoms with Crippen LogP contribution in [0.5, 0.6) is 0 Å². The van der Waals surface area contributed by atoms with Crippen molar-refractivity contribution in [2.45, 2.75) is 0 Å². The highest BCUT2D eigenvalue weighted by molar-refractivity contribution is 6.26. The molecular formula is C58H38. The molecule has 0 atom stereocenters. The maximum Gasteiger partial charge on any atom is -0.00199 e. The van der Waals surface area contributed by atoms with Crippen molar-refractivity contribution in [1.82, 2.24) is 0 Å². The van der Waals surface area contributed by atoms with Crippen LogP contribution >= 0.6 is 0 Å². The van der Waals surface area contributed by atoms with E-state index in [4.69, 9.17) is 0 Å². The molecular weight excluding hydrogens is 697 g/mol. The Labute approximate surface area is 339 Å². The predicted molar refractivity (Wildman–Crippen MR) is 249 cm³/mol. The number of benzene rings is 11. The standard InChI is InChI=1S/C58H38/c1-4-20-39(21-5-1)43-26-10-12-28-45(43)57-51-34-18-19-35-52(51)58(46-29-13-11-27-44(46)40-22-6-2-7-23-40)54-38-42(36-37-53(54)57)56-49-32-16-14-30-47(49)55(41-24-8-3-9-25-41)48-31-15-17-33-50(48)56/h1-38H. The van der Waals surface area contributed by atoms with E-state index in [0.29, 0.717) is 0 Å². The first kappa shape index (κ1) is 33.8. The molecule has 0 heterocycles. The van der Waals surface area contributed by atoms with E-state index in [-0.39, 0.29) is 0 Å². The van der Waals surface area contributed by atoms with Gasteiger partial charge in [-0.3, -0.25) is 0 Å². The highest BCUT2D eigenvalue weighted by Crippen LogP contribution is 2.50. The van der Waals surface area contributed by atoms with Crippen LogP contribution in [0.1, 0.15) is 0 Å². The predicted octanol–water partition coefficient (Wildman–Crippen LogP) is 16.3. The first-order chi connectivity index (χ1) is 28.8. The van der Waals surface area contributed by atoms with Crippen LogP contribution < -0.4 is 0 Å². The third-order valence-corrected chi connectivity index (χ3v) is 11.9. The second-order valence-electron chi connectivity index (χ2n) is 15.1. The van der Waals surface area contributed by atoms with Crippen molar-refractivity contribution in [1.29, 1.82) is 0 Å². The molecule has 0 saturated carbocycles. The number of hydrogen-bond donors (Lipinski definition) is 0. The Kier molecular flexibility index (Phi) is 8.26. The molecule has 0 amide bonds. The minimum Gasteiger partial charge on any atom is -0.0622 e. The van der Waals surface area contributed by atoms with E-state index < -0.39 is 0 Å². The van der Waals surface area contributed by atoms with Crippen molar-refractivity contribution in [3.63, 3.8) is 0 Å². The van der Waals surface area contributed by atoms with Crippen LogP contribution in [0.4, 0.5) is 0 Å². The summed E-state index contributed by atoms with van der Waals surface area (Å²) >= 11 is 0.